The first-order valence-electron chi connectivity index (χ1n) is 9.49. The number of rotatable bonds is 4. The third-order valence-corrected chi connectivity index (χ3v) is 5.17. The number of aromatic nitrogens is 2. The second-order valence-corrected chi connectivity index (χ2v) is 7.47. The molecule has 1 unspecified atom stereocenters. The third-order valence-electron chi connectivity index (χ3n) is 4.93. The number of halogens is 2. The Morgan fingerprint density at radius 1 is 1.17 bits per heavy atom. The smallest absolute Gasteiger partial charge is 0.229 e. The topological polar surface area (TPSA) is 58.1 Å². The van der Waals surface area contributed by atoms with E-state index in [1.165, 1.54) is 12.1 Å². The van der Waals surface area contributed by atoms with Crippen molar-refractivity contribution in [3.8, 4) is 11.4 Å². The second-order valence-electron chi connectivity index (χ2n) is 7.03. The lowest BCUT2D eigenvalue weighted by Crippen LogP contribution is -2.41. The van der Waals surface area contributed by atoms with Crippen molar-refractivity contribution >= 4 is 29.0 Å². The van der Waals surface area contributed by atoms with Crippen LogP contribution < -0.4 is 10.2 Å². The fraction of sp³-hybridized carbons (Fsp3) is 0.227. The molecular formula is C22H20ClFN4O. The van der Waals surface area contributed by atoms with Crippen LogP contribution in [0.2, 0.25) is 5.02 Å². The molecule has 7 heteroatoms. The summed E-state index contributed by atoms with van der Waals surface area (Å²) in [4.78, 5) is 23.7. The maximum absolute atomic E-state index is 13.5. The van der Waals surface area contributed by atoms with Gasteiger partial charge in [-0.3, -0.25) is 4.79 Å². The first-order valence-corrected chi connectivity index (χ1v) is 9.87. The number of piperidine rings is 1. The van der Waals surface area contributed by atoms with E-state index in [1.807, 2.05) is 12.1 Å². The van der Waals surface area contributed by atoms with Gasteiger partial charge in [0.25, 0.3) is 0 Å². The van der Waals surface area contributed by atoms with Gasteiger partial charge in [-0.1, -0.05) is 29.8 Å². The zero-order valence-corrected chi connectivity index (χ0v) is 16.4. The maximum Gasteiger partial charge on any atom is 0.229 e. The minimum absolute atomic E-state index is 0.0311. The van der Waals surface area contributed by atoms with Crippen LogP contribution in [0.3, 0.4) is 0 Å². The summed E-state index contributed by atoms with van der Waals surface area (Å²) < 4.78 is 13.5. The van der Waals surface area contributed by atoms with Crippen LogP contribution in [0.4, 0.5) is 15.9 Å². The first-order chi connectivity index (χ1) is 14.1. The molecule has 3 aromatic rings. The minimum atomic E-state index is -0.327. The van der Waals surface area contributed by atoms with Gasteiger partial charge < -0.3 is 10.2 Å². The highest BCUT2D eigenvalue weighted by molar-refractivity contribution is 6.30. The minimum Gasteiger partial charge on any atom is -0.356 e. The Morgan fingerprint density at radius 3 is 2.86 bits per heavy atom. The van der Waals surface area contributed by atoms with Crippen LogP contribution in [-0.4, -0.2) is 29.0 Å². The number of hydrogen-bond acceptors (Lipinski definition) is 4. The summed E-state index contributed by atoms with van der Waals surface area (Å²) in [6.07, 6.45) is 3.36. The van der Waals surface area contributed by atoms with Gasteiger partial charge in [-0.05, 0) is 49.2 Å². The van der Waals surface area contributed by atoms with Crippen LogP contribution >= 0.6 is 11.6 Å². The molecule has 0 spiro atoms. The van der Waals surface area contributed by atoms with E-state index in [-0.39, 0.29) is 17.6 Å². The fourth-order valence-electron chi connectivity index (χ4n) is 3.50. The zero-order valence-electron chi connectivity index (χ0n) is 15.7. The molecule has 1 aliphatic heterocycles. The van der Waals surface area contributed by atoms with Crippen LogP contribution in [0.15, 0.2) is 60.8 Å². The molecule has 1 fully saturated rings. The van der Waals surface area contributed by atoms with E-state index in [0.717, 1.165) is 25.2 Å². The van der Waals surface area contributed by atoms with E-state index in [9.17, 15) is 9.18 Å². The number of anilines is 2. The van der Waals surface area contributed by atoms with Crippen molar-refractivity contribution in [2.24, 2.45) is 5.92 Å². The van der Waals surface area contributed by atoms with Gasteiger partial charge in [0.05, 0.1) is 5.92 Å². The van der Waals surface area contributed by atoms with E-state index in [0.29, 0.717) is 28.6 Å². The van der Waals surface area contributed by atoms with Gasteiger partial charge in [0.1, 0.15) is 11.6 Å². The number of carbonyl (C=O) groups is 1. The standard InChI is InChI=1S/C22H20ClFN4O/c23-17-6-2-8-19(13-17)26-22(29)16-5-3-11-28(14-16)20-9-10-25-21(27-20)15-4-1-7-18(24)12-15/h1-2,4,6-10,12-13,16H,3,5,11,14H2,(H,26,29). The summed E-state index contributed by atoms with van der Waals surface area (Å²) in [7, 11) is 0. The van der Waals surface area contributed by atoms with Gasteiger partial charge in [-0.25, -0.2) is 14.4 Å². The molecule has 2 aromatic carbocycles. The van der Waals surface area contributed by atoms with Crippen LogP contribution in [0.25, 0.3) is 11.4 Å². The summed E-state index contributed by atoms with van der Waals surface area (Å²) in [5.74, 6) is 0.686. The Kier molecular flexibility index (Phi) is 5.71. The van der Waals surface area contributed by atoms with E-state index in [1.54, 1.807) is 36.5 Å². The Hall–Kier alpha value is -2.99. The molecule has 0 aliphatic carbocycles. The summed E-state index contributed by atoms with van der Waals surface area (Å²) in [5, 5.41) is 3.53. The molecule has 5 nitrogen and oxygen atoms in total. The van der Waals surface area contributed by atoms with Crippen molar-refractivity contribution in [2.75, 3.05) is 23.3 Å². The zero-order chi connectivity index (χ0) is 20.2. The second kappa shape index (κ2) is 8.57. The van der Waals surface area contributed by atoms with E-state index >= 15 is 0 Å². The highest BCUT2D eigenvalue weighted by Gasteiger charge is 2.27. The molecule has 0 bridgehead atoms. The molecule has 29 heavy (non-hydrogen) atoms. The van der Waals surface area contributed by atoms with Gasteiger partial charge in [0, 0.05) is 35.6 Å². The predicted molar refractivity (Wildman–Crippen MR) is 112 cm³/mol. The first kappa shape index (κ1) is 19.3. The molecular weight excluding hydrogens is 391 g/mol. The average molecular weight is 411 g/mol. The number of nitrogens with one attached hydrogen (secondary N) is 1. The van der Waals surface area contributed by atoms with Crippen LogP contribution in [0.1, 0.15) is 12.8 Å². The largest absolute Gasteiger partial charge is 0.356 e. The van der Waals surface area contributed by atoms with Crippen molar-refractivity contribution in [3.05, 3.63) is 71.6 Å². The average Bonchev–Trinajstić information content (AvgIpc) is 2.74. The van der Waals surface area contributed by atoms with Gasteiger partial charge in [0.2, 0.25) is 5.91 Å². The Labute approximate surface area is 173 Å². The van der Waals surface area contributed by atoms with Crippen LogP contribution in [-0.2, 0) is 4.79 Å². The number of carbonyl (C=O) groups excluding carboxylic acids is 1. The van der Waals surface area contributed by atoms with Crippen LogP contribution in [0.5, 0.6) is 0 Å². The normalized spacial score (nSPS) is 16.5. The van der Waals surface area contributed by atoms with Crippen LogP contribution in [0, 0.1) is 11.7 Å². The molecule has 0 saturated carbocycles. The Bertz CT molecular complexity index is 1030. The summed E-state index contributed by atoms with van der Waals surface area (Å²) in [6.45, 7) is 1.37. The summed E-state index contributed by atoms with van der Waals surface area (Å²) in [6, 6.07) is 15.2. The molecule has 1 saturated heterocycles. The quantitative estimate of drug-likeness (QED) is 0.671. The monoisotopic (exact) mass is 410 g/mol. The molecule has 1 N–H and O–H groups in total. The van der Waals surface area contributed by atoms with Crippen molar-refractivity contribution < 1.29 is 9.18 Å². The molecule has 1 aromatic heterocycles. The highest BCUT2D eigenvalue weighted by atomic mass is 35.5. The molecule has 148 valence electrons. The van der Waals surface area contributed by atoms with Crippen molar-refractivity contribution in [3.63, 3.8) is 0 Å². The Balaban J connectivity index is 1.48. The third kappa shape index (κ3) is 4.71. The molecule has 2 heterocycles. The van der Waals surface area contributed by atoms with Gasteiger partial charge >= 0.3 is 0 Å². The summed E-state index contributed by atoms with van der Waals surface area (Å²) >= 11 is 6.00. The van der Waals surface area contributed by atoms with Crippen molar-refractivity contribution in [1.82, 2.24) is 9.97 Å². The molecule has 1 aliphatic rings. The van der Waals surface area contributed by atoms with Gasteiger partial charge in [0.15, 0.2) is 5.82 Å². The van der Waals surface area contributed by atoms with E-state index < -0.39 is 0 Å². The molecule has 0 radical (unpaired) electrons. The lowest BCUT2D eigenvalue weighted by Gasteiger charge is -2.33. The van der Waals surface area contributed by atoms with E-state index in [2.05, 4.69) is 20.2 Å². The maximum atomic E-state index is 13.5. The lowest BCUT2D eigenvalue weighted by molar-refractivity contribution is -0.120. The number of nitrogens with zero attached hydrogens (tertiary/aromatic N) is 3. The summed E-state index contributed by atoms with van der Waals surface area (Å²) in [5.41, 5.74) is 1.31. The predicted octanol–water partition coefficient (Wildman–Crippen LogP) is 4.79. The van der Waals surface area contributed by atoms with E-state index in [4.69, 9.17) is 11.6 Å². The Morgan fingerprint density at radius 2 is 2.03 bits per heavy atom. The molecule has 1 amide bonds. The molecule has 4 rings (SSSR count). The lowest BCUT2D eigenvalue weighted by atomic mass is 9.97. The number of hydrogen-bond donors (Lipinski definition) is 1. The fourth-order valence-corrected chi connectivity index (χ4v) is 3.69. The molecule has 1 atom stereocenters. The van der Waals surface area contributed by atoms with Gasteiger partial charge in [-0.2, -0.15) is 0 Å². The van der Waals surface area contributed by atoms with Gasteiger partial charge in [-0.15, -0.1) is 0 Å². The SMILES string of the molecule is O=C(Nc1cccc(Cl)c1)C1CCCN(c2ccnc(-c3cccc(F)c3)n2)C1. The van der Waals surface area contributed by atoms with Crippen molar-refractivity contribution in [1.29, 1.82) is 0 Å². The van der Waals surface area contributed by atoms with Crippen molar-refractivity contribution in [2.45, 2.75) is 12.8 Å². The highest BCUT2D eigenvalue weighted by Crippen LogP contribution is 2.25. The number of benzene rings is 2. The number of amides is 1.